The molecule has 2 atom stereocenters. The van der Waals surface area contributed by atoms with Crippen molar-refractivity contribution in [2.24, 2.45) is 0 Å². The fourth-order valence-corrected chi connectivity index (χ4v) is 2.35. The fraction of sp³-hybridized carbons (Fsp3) is 1.00. The van der Waals surface area contributed by atoms with Crippen LogP contribution in [-0.4, -0.2) is 26.7 Å². The van der Waals surface area contributed by atoms with E-state index in [9.17, 15) is 5.11 Å². The summed E-state index contributed by atoms with van der Waals surface area (Å²) in [5.74, 6) is 0. The number of halogens is 3. The maximum Gasteiger partial charge on any atom is 0.0761 e. The van der Waals surface area contributed by atoms with E-state index in [0.717, 1.165) is 18.2 Å². The molecule has 0 spiro atoms. The van der Waals surface area contributed by atoms with Crippen LogP contribution in [0.3, 0.4) is 0 Å². The quantitative estimate of drug-likeness (QED) is 0.764. The molecule has 4 heteroatoms. The van der Waals surface area contributed by atoms with Crippen molar-refractivity contribution in [2.75, 3.05) is 10.7 Å². The van der Waals surface area contributed by atoms with Crippen molar-refractivity contribution in [1.29, 1.82) is 0 Å². The van der Waals surface area contributed by atoms with Crippen LogP contribution in [-0.2, 0) is 0 Å². The molecule has 2 unspecified atom stereocenters. The first-order chi connectivity index (χ1) is 4.72. The Balaban J connectivity index is 3.31. The Hall–Kier alpha value is 1.40. The van der Waals surface area contributed by atoms with E-state index < -0.39 is 0 Å². The standard InChI is InChI=1S/C6H11Br3O/c7-3-1-2-5(9)6(10)4-8/h5-6,10H,1-4H2. The van der Waals surface area contributed by atoms with E-state index in [-0.39, 0.29) is 10.9 Å². The van der Waals surface area contributed by atoms with Crippen LogP contribution in [0.4, 0.5) is 0 Å². The molecule has 62 valence electrons. The third-order valence-electron chi connectivity index (χ3n) is 1.19. The molecule has 0 aliphatic carbocycles. The van der Waals surface area contributed by atoms with Gasteiger partial charge in [0.15, 0.2) is 0 Å². The van der Waals surface area contributed by atoms with Crippen LogP contribution in [0.1, 0.15) is 12.8 Å². The van der Waals surface area contributed by atoms with Gasteiger partial charge in [0.05, 0.1) is 6.10 Å². The average Bonchev–Trinajstić information content (AvgIpc) is 1.98. The molecule has 10 heavy (non-hydrogen) atoms. The topological polar surface area (TPSA) is 20.2 Å². The first-order valence-electron chi connectivity index (χ1n) is 3.16. The van der Waals surface area contributed by atoms with Gasteiger partial charge in [-0.2, -0.15) is 0 Å². The monoisotopic (exact) mass is 336 g/mol. The lowest BCUT2D eigenvalue weighted by molar-refractivity contribution is 0.195. The molecule has 0 rings (SSSR count). The lowest BCUT2D eigenvalue weighted by Crippen LogP contribution is -2.21. The fourth-order valence-electron chi connectivity index (χ4n) is 0.561. The molecule has 0 radical (unpaired) electrons. The van der Waals surface area contributed by atoms with Crippen LogP contribution >= 0.6 is 47.8 Å². The highest BCUT2D eigenvalue weighted by Gasteiger charge is 2.12. The maximum atomic E-state index is 9.24. The normalized spacial score (nSPS) is 16.8. The lowest BCUT2D eigenvalue weighted by Gasteiger charge is -2.13. The molecule has 0 heterocycles. The molecule has 0 aromatic rings. The van der Waals surface area contributed by atoms with E-state index in [1.165, 1.54) is 0 Å². The molecule has 0 aromatic heterocycles. The van der Waals surface area contributed by atoms with E-state index in [1.807, 2.05) is 0 Å². The predicted octanol–water partition coefficient (Wildman–Crippen LogP) is 2.68. The highest BCUT2D eigenvalue weighted by molar-refractivity contribution is 9.10. The Morgan fingerprint density at radius 1 is 1.30 bits per heavy atom. The second kappa shape index (κ2) is 7.07. The summed E-state index contributed by atoms with van der Waals surface area (Å²) < 4.78 is 0. The Labute approximate surface area is 87.0 Å². The first-order valence-corrected chi connectivity index (χ1v) is 6.32. The minimum atomic E-state index is -0.265. The van der Waals surface area contributed by atoms with Crippen molar-refractivity contribution in [3.8, 4) is 0 Å². The first kappa shape index (κ1) is 11.4. The minimum absolute atomic E-state index is 0.226. The van der Waals surface area contributed by atoms with E-state index in [4.69, 9.17) is 0 Å². The van der Waals surface area contributed by atoms with Crippen molar-refractivity contribution < 1.29 is 5.11 Å². The summed E-state index contributed by atoms with van der Waals surface area (Å²) >= 11 is 9.95. The molecule has 0 bridgehead atoms. The summed E-state index contributed by atoms with van der Waals surface area (Å²) in [6, 6.07) is 0. The van der Waals surface area contributed by atoms with Gasteiger partial charge in [-0.25, -0.2) is 0 Å². The second-order valence-corrected chi connectivity index (χ2v) is 4.69. The Morgan fingerprint density at radius 2 is 1.90 bits per heavy atom. The maximum absolute atomic E-state index is 9.24. The number of hydrogen-bond donors (Lipinski definition) is 1. The molecule has 0 aliphatic heterocycles. The second-order valence-electron chi connectivity index (χ2n) is 2.07. The van der Waals surface area contributed by atoms with Crippen molar-refractivity contribution in [1.82, 2.24) is 0 Å². The van der Waals surface area contributed by atoms with Crippen molar-refractivity contribution in [3.05, 3.63) is 0 Å². The average molecular weight is 339 g/mol. The van der Waals surface area contributed by atoms with Gasteiger partial charge >= 0.3 is 0 Å². The zero-order chi connectivity index (χ0) is 7.98. The zero-order valence-corrected chi connectivity index (χ0v) is 10.3. The molecular weight excluding hydrogens is 328 g/mol. The van der Waals surface area contributed by atoms with Crippen LogP contribution in [0.5, 0.6) is 0 Å². The largest absolute Gasteiger partial charge is 0.391 e. The molecule has 0 saturated carbocycles. The smallest absolute Gasteiger partial charge is 0.0761 e. The molecule has 1 nitrogen and oxygen atoms in total. The van der Waals surface area contributed by atoms with Gasteiger partial charge in [0.2, 0.25) is 0 Å². The number of rotatable bonds is 5. The highest BCUT2D eigenvalue weighted by atomic mass is 79.9. The van der Waals surface area contributed by atoms with Crippen molar-refractivity contribution >= 4 is 47.8 Å². The van der Waals surface area contributed by atoms with Crippen LogP contribution in [0.25, 0.3) is 0 Å². The molecule has 0 amide bonds. The predicted molar refractivity (Wildman–Crippen MR) is 55.5 cm³/mol. The van der Waals surface area contributed by atoms with Gasteiger partial charge in [-0.15, -0.1) is 0 Å². The molecule has 0 aromatic carbocycles. The van der Waals surface area contributed by atoms with Gasteiger partial charge in [0.25, 0.3) is 0 Å². The van der Waals surface area contributed by atoms with Gasteiger partial charge in [-0.05, 0) is 12.8 Å². The number of alkyl halides is 3. The van der Waals surface area contributed by atoms with Crippen molar-refractivity contribution in [2.45, 2.75) is 23.8 Å². The summed E-state index contributed by atoms with van der Waals surface area (Å²) in [4.78, 5) is 0.226. The van der Waals surface area contributed by atoms with Crippen LogP contribution in [0, 0.1) is 0 Å². The Morgan fingerprint density at radius 3 is 2.30 bits per heavy atom. The Bertz CT molecular complexity index is 79.4. The van der Waals surface area contributed by atoms with Crippen molar-refractivity contribution in [3.63, 3.8) is 0 Å². The van der Waals surface area contributed by atoms with Crippen LogP contribution in [0.15, 0.2) is 0 Å². The minimum Gasteiger partial charge on any atom is -0.391 e. The molecule has 0 aliphatic rings. The SMILES string of the molecule is OC(CBr)C(Br)CCCBr. The van der Waals surface area contributed by atoms with E-state index in [1.54, 1.807) is 0 Å². The molecule has 0 fully saturated rings. The highest BCUT2D eigenvalue weighted by Crippen LogP contribution is 2.14. The number of aliphatic hydroxyl groups is 1. The molecule has 1 N–H and O–H groups in total. The van der Waals surface area contributed by atoms with E-state index in [0.29, 0.717) is 5.33 Å². The van der Waals surface area contributed by atoms with Gasteiger partial charge in [-0.3, -0.25) is 0 Å². The number of hydrogen-bond acceptors (Lipinski definition) is 1. The number of aliphatic hydroxyl groups excluding tert-OH is 1. The van der Waals surface area contributed by atoms with Gasteiger partial charge in [-0.1, -0.05) is 47.8 Å². The summed E-state index contributed by atoms with van der Waals surface area (Å²) in [7, 11) is 0. The summed E-state index contributed by atoms with van der Waals surface area (Å²) in [5, 5.41) is 10.9. The van der Waals surface area contributed by atoms with Gasteiger partial charge in [0.1, 0.15) is 0 Å². The van der Waals surface area contributed by atoms with Gasteiger partial charge < -0.3 is 5.11 Å². The zero-order valence-electron chi connectivity index (χ0n) is 5.56. The third kappa shape index (κ3) is 5.10. The molecular formula is C6H11Br3O. The third-order valence-corrected chi connectivity index (χ3v) is 3.48. The Kier molecular flexibility index (Phi) is 8.06. The summed E-state index contributed by atoms with van der Waals surface area (Å²) in [6.45, 7) is 0. The summed E-state index contributed by atoms with van der Waals surface area (Å²) in [6.07, 6.45) is 1.84. The van der Waals surface area contributed by atoms with E-state index in [2.05, 4.69) is 47.8 Å². The van der Waals surface area contributed by atoms with E-state index >= 15 is 0 Å². The van der Waals surface area contributed by atoms with Crippen LogP contribution in [0.2, 0.25) is 0 Å². The van der Waals surface area contributed by atoms with Crippen LogP contribution < -0.4 is 0 Å². The van der Waals surface area contributed by atoms with Gasteiger partial charge in [0, 0.05) is 15.5 Å². The summed E-state index contributed by atoms with van der Waals surface area (Å²) in [5.41, 5.74) is 0. The molecule has 0 saturated heterocycles. The lowest BCUT2D eigenvalue weighted by atomic mass is 10.2.